The van der Waals surface area contributed by atoms with E-state index >= 15 is 0 Å². The van der Waals surface area contributed by atoms with Crippen molar-refractivity contribution in [2.75, 3.05) is 12.8 Å². The first-order chi connectivity index (χ1) is 8.27. The van der Waals surface area contributed by atoms with Crippen LogP contribution in [-0.2, 0) is 0 Å². The first-order valence-electron chi connectivity index (χ1n) is 7.73. The van der Waals surface area contributed by atoms with Crippen LogP contribution in [0.25, 0.3) is 0 Å². The molecule has 0 spiro atoms. The van der Waals surface area contributed by atoms with Crippen LogP contribution in [0.4, 0.5) is 0 Å². The highest BCUT2D eigenvalue weighted by Crippen LogP contribution is 2.21. The minimum Gasteiger partial charge on any atom is -0.310 e. The fourth-order valence-electron chi connectivity index (χ4n) is 2.20. The Morgan fingerprint density at radius 3 is 1.33 bits per heavy atom. The first kappa shape index (κ1) is 21.0. The molecule has 1 unspecified atom stereocenters. The smallest absolute Gasteiger partial charge is 0.0199 e. The molecule has 0 aliphatic rings. The summed E-state index contributed by atoms with van der Waals surface area (Å²) >= 11 is 0. The largest absolute Gasteiger partial charge is 0.310 e. The molecule has 0 saturated carbocycles. The maximum absolute atomic E-state index is 5.79. The van der Waals surface area contributed by atoms with Gasteiger partial charge in [0.2, 0.25) is 0 Å². The van der Waals surface area contributed by atoms with Gasteiger partial charge >= 0.3 is 0 Å². The molecule has 3 heteroatoms. The average Bonchev–Trinajstić information content (AvgIpc) is 2.30. The first-order valence-corrected chi connectivity index (χ1v) is 9.77. The molecule has 0 saturated heterocycles. The number of rotatable bonds is 13. The number of hydrogen-bond acceptors (Lipinski definition) is 1. The number of halogens is 1. The second kappa shape index (κ2) is 17.7. The van der Waals surface area contributed by atoms with Crippen molar-refractivity contribution in [2.24, 2.45) is 5.50 Å². The van der Waals surface area contributed by atoms with Gasteiger partial charge in [0.05, 0.1) is 0 Å². The summed E-state index contributed by atoms with van der Waals surface area (Å²) in [7, 11) is -0.138. The minimum absolute atomic E-state index is 0. The van der Waals surface area contributed by atoms with Gasteiger partial charge in [-0.1, -0.05) is 77.6 Å². The Bertz CT molecular complexity index is 142. The maximum Gasteiger partial charge on any atom is -0.0199 e. The molecule has 18 heavy (non-hydrogen) atoms. The van der Waals surface area contributed by atoms with Crippen LogP contribution in [0.3, 0.4) is 0 Å². The predicted molar refractivity (Wildman–Crippen MR) is 90.2 cm³/mol. The van der Waals surface area contributed by atoms with Crippen LogP contribution in [0.5, 0.6) is 0 Å². The zero-order valence-corrected chi connectivity index (χ0v) is 14.3. The van der Waals surface area contributed by atoms with Gasteiger partial charge in [-0.25, -0.2) is 0 Å². The Hall–Kier alpha value is 0.680. The second-order valence-electron chi connectivity index (χ2n) is 5.37. The summed E-state index contributed by atoms with van der Waals surface area (Å²) in [5.74, 6) is 0. The molecule has 0 aromatic rings. The third kappa shape index (κ3) is 19.0. The third-order valence-corrected chi connectivity index (χ3v) is 4.39. The van der Waals surface area contributed by atoms with Crippen LogP contribution in [-0.4, -0.2) is 12.8 Å². The van der Waals surface area contributed by atoms with E-state index in [-0.39, 0.29) is 20.5 Å². The van der Waals surface area contributed by atoms with E-state index in [9.17, 15) is 0 Å². The van der Waals surface area contributed by atoms with Gasteiger partial charge in [0.15, 0.2) is 0 Å². The van der Waals surface area contributed by atoms with Crippen molar-refractivity contribution in [3.63, 3.8) is 0 Å². The summed E-state index contributed by atoms with van der Waals surface area (Å²) in [5.41, 5.74) is 5.79. The van der Waals surface area contributed by atoms with Crippen molar-refractivity contribution in [3.8, 4) is 0 Å². The number of unbranched alkanes of at least 4 members (excludes halogenated alkanes) is 11. The average molecular weight is 296 g/mol. The molecule has 112 valence electrons. The van der Waals surface area contributed by atoms with Crippen molar-refractivity contribution in [1.29, 1.82) is 0 Å². The van der Waals surface area contributed by atoms with Gasteiger partial charge in [-0.2, -0.15) is 0 Å². The lowest BCUT2D eigenvalue weighted by Gasteiger charge is -2.05. The molecular weight excluding hydrogens is 261 g/mol. The zero-order valence-electron chi connectivity index (χ0n) is 12.6. The molecular formula is C15H35ClNP. The van der Waals surface area contributed by atoms with Gasteiger partial charge in [0.25, 0.3) is 0 Å². The van der Waals surface area contributed by atoms with Crippen LogP contribution in [0, 0.1) is 0 Å². The summed E-state index contributed by atoms with van der Waals surface area (Å²) < 4.78 is 0. The minimum atomic E-state index is -0.138. The lowest BCUT2D eigenvalue weighted by atomic mass is 10.1. The van der Waals surface area contributed by atoms with Gasteiger partial charge in [-0.05, 0) is 27.3 Å². The summed E-state index contributed by atoms with van der Waals surface area (Å²) in [6.45, 7) is 4.46. The second-order valence-corrected chi connectivity index (χ2v) is 7.33. The quantitative estimate of drug-likeness (QED) is 0.323. The fourth-order valence-corrected chi connectivity index (χ4v) is 2.92. The molecule has 0 radical (unpaired) electrons. The Labute approximate surface area is 123 Å². The molecule has 0 aliphatic carbocycles. The topological polar surface area (TPSA) is 26.0 Å². The van der Waals surface area contributed by atoms with Crippen LogP contribution < -0.4 is 5.50 Å². The van der Waals surface area contributed by atoms with E-state index in [1.54, 1.807) is 0 Å². The van der Waals surface area contributed by atoms with E-state index in [1.165, 1.54) is 83.2 Å². The lowest BCUT2D eigenvalue weighted by molar-refractivity contribution is 0.548. The highest BCUT2D eigenvalue weighted by Gasteiger charge is 1.95. The molecule has 2 N–H and O–H groups in total. The Kier molecular flexibility index (Phi) is 20.6. The maximum atomic E-state index is 5.79. The molecule has 0 aliphatic heterocycles. The van der Waals surface area contributed by atoms with Gasteiger partial charge in [0.1, 0.15) is 0 Å². The van der Waals surface area contributed by atoms with Crippen LogP contribution in [0.2, 0.25) is 0 Å². The van der Waals surface area contributed by atoms with Crippen LogP contribution in [0.15, 0.2) is 0 Å². The van der Waals surface area contributed by atoms with Crippen molar-refractivity contribution < 1.29 is 0 Å². The summed E-state index contributed by atoms with van der Waals surface area (Å²) in [4.78, 5) is 0. The molecule has 0 aromatic heterocycles. The van der Waals surface area contributed by atoms with Crippen molar-refractivity contribution >= 4 is 20.5 Å². The van der Waals surface area contributed by atoms with E-state index in [4.69, 9.17) is 5.50 Å². The van der Waals surface area contributed by atoms with Gasteiger partial charge in [-0.3, -0.25) is 0 Å². The van der Waals surface area contributed by atoms with Gasteiger partial charge in [-0.15, -0.1) is 12.4 Å². The molecule has 0 heterocycles. The van der Waals surface area contributed by atoms with Crippen molar-refractivity contribution in [2.45, 2.75) is 84.0 Å². The molecule has 1 nitrogen and oxygen atoms in total. The highest BCUT2D eigenvalue weighted by atomic mass is 35.5. The highest BCUT2D eigenvalue weighted by molar-refractivity contribution is 7.54. The molecule has 0 amide bonds. The monoisotopic (exact) mass is 295 g/mol. The molecule has 0 fully saturated rings. The Balaban J connectivity index is 0. The fraction of sp³-hybridized carbons (Fsp3) is 1.00. The standard InChI is InChI=1S/C15H34NP.ClH/c1-3-4-5-6-7-8-9-10-11-12-13-14-15-17(2)16;/h3-16H2,1-2H3;1H. The van der Waals surface area contributed by atoms with E-state index in [2.05, 4.69) is 13.6 Å². The van der Waals surface area contributed by atoms with E-state index in [0.717, 1.165) is 0 Å². The van der Waals surface area contributed by atoms with Crippen LogP contribution in [0.1, 0.15) is 84.0 Å². The number of nitrogens with two attached hydrogens (primary N) is 1. The van der Waals surface area contributed by atoms with E-state index in [1.807, 2.05) is 0 Å². The number of hydrogen-bond donors (Lipinski definition) is 1. The van der Waals surface area contributed by atoms with E-state index in [0.29, 0.717) is 0 Å². The normalized spacial score (nSPS) is 12.2. The van der Waals surface area contributed by atoms with Crippen molar-refractivity contribution in [1.82, 2.24) is 0 Å². The molecule has 0 bridgehead atoms. The summed E-state index contributed by atoms with van der Waals surface area (Å²) in [6.07, 6.45) is 18.5. The summed E-state index contributed by atoms with van der Waals surface area (Å²) in [5, 5.41) is 0. The van der Waals surface area contributed by atoms with Crippen molar-refractivity contribution in [3.05, 3.63) is 0 Å². The summed E-state index contributed by atoms with van der Waals surface area (Å²) in [6, 6.07) is 0. The van der Waals surface area contributed by atoms with E-state index < -0.39 is 0 Å². The Morgan fingerprint density at radius 1 is 0.667 bits per heavy atom. The predicted octanol–water partition coefficient (Wildman–Crippen LogP) is 6.09. The Morgan fingerprint density at radius 2 is 1.00 bits per heavy atom. The van der Waals surface area contributed by atoms with Gasteiger partial charge in [0, 0.05) is 0 Å². The van der Waals surface area contributed by atoms with Gasteiger partial charge < -0.3 is 5.50 Å². The zero-order chi connectivity index (χ0) is 12.8. The third-order valence-electron chi connectivity index (χ3n) is 3.36. The molecule has 1 atom stereocenters. The molecule has 0 aromatic carbocycles. The SMILES string of the molecule is CCCCCCCCCCCCCCP(C)N.Cl. The van der Waals surface area contributed by atoms with Crippen LogP contribution >= 0.6 is 20.5 Å². The lowest BCUT2D eigenvalue weighted by Crippen LogP contribution is -1.91. The molecule has 0 rings (SSSR count).